The first-order chi connectivity index (χ1) is 12.0. The Labute approximate surface area is 150 Å². The van der Waals surface area contributed by atoms with Crippen molar-refractivity contribution in [2.75, 3.05) is 7.05 Å². The Morgan fingerprint density at radius 1 is 1.20 bits per heavy atom. The summed E-state index contributed by atoms with van der Waals surface area (Å²) in [5.74, 6) is -0.358. The first kappa shape index (κ1) is 18.3. The van der Waals surface area contributed by atoms with Crippen molar-refractivity contribution in [2.24, 2.45) is 0 Å². The number of non-ortho nitro benzene ring substituents is 1. The van der Waals surface area contributed by atoms with E-state index in [0.29, 0.717) is 17.2 Å². The number of thiocarbonyl (C=S) groups is 1. The third-order valence-corrected chi connectivity index (χ3v) is 3.78. The van der Waals surface area contributed by atoms with Crippen molar-refractivity contribution in [2.45, 2.75) is 6.54 Å². The number of nitrogens with zero attached hydrogens (tertiary/aromatic N) is 2. The molecule has 7 heteroatoms. The minimum absolute atomic E-state index is 0.00492. The Bertz CT molecular complexity index is 789. The van der Waals surface area contributed by atoms with Gasteiger partial charge in [-0.3, -0.25) is 20.2 Å². The van der Waals surface area contributed by atoms with E-state index in [-0.39, 0.29) is 11.6 Å². The van der Waals surface area contributed by atoms with Crippen LogP contribution < -0.4 is 5.32 Å². The lowest BCUT2D eigenvalue weighted by Gasteiger charge is -2.19. The molecule has 0 radical (unpaired) electrons. The quantitative estimate of drug-likeness (QED) is 0.386. The molecule has 128 valence electrons. The van der Waals surface area contributed by atoms with E-state index < -0.39 is 4.92 Å². The Morgan fingerprint density at radius 2 is 1.84 bits per heavy atom. The zero-order valence-corrected chi connectivity index (χ0v) is 14.4. The van der Waals surface area contributed by atoms with Crippen LogP contribution in [0.1, 0.15) is 11.1 Å². The predicted octanol–water partition coefficient (Wildman–Crippen LogP) is 3.14. The second-order valence-corrected chi connectivity index (χ2v) is 5.70. The molecule has 2 aromatic carbocycles. The number of carbonyl (C=O) groups is 1. The molecule has 0 aliphatic carbocycles. The van der Waals surface area contributed by atoms with Crippen LogP contribution in [0.15, 0.2) is 60.7 Å². The van der Waals surface area contributed by atoms with Crippen molar-refractivity contribution in [1.29, 1.82) is 0 Å². The van der Waals surface area contributed by atoms with Crippen molar-refractivity contribution in [3.8, 4) is 0 Å². The van der Waals surface area contributed by atoms with E-state index in [9.17, 15) is 14.9 Å². The molecular formula is C18H17N3O3S. The maximum absolute atomic E-state index is 11.9. The molecule has 0 fully saturated rings. The van der Waals surface area contributed by atoms with Crippen LogP contribution in [0.25, 0.3) is 6.08 Å². The summed E-state index contributed by atoms with van der Waals surface area (Å²) in [6, 6.07) is 15.7. The number of nitro groups is 1. The van der Waals surface area contributed by atoms with Gasteiger partial charge in [-0.2, -0.15) is 0 Å². The maximum atomic E-state index is 11.9. The molecule has 2 rings (SSSR count). The van der Waals surface area contributed by atoms with E-state index >= 15 is 0 Å². The number of rotatable bonds is 5. The molecule has 0 aliphatic rings. The molecule has 6 nitrogen and oxygen atoms in total. The van der Waals surface area contributed by atoms with Gasteiger partial charge in [-0.1, -0.05) is 30.3 Å². The topological polar surface area (TPSA) is 75.5 Å². The second kappa shape index (κ2) is 8.70. The first-order valence-corrected chi connectivity index (χ1v) is 7.89. The van der Waals surface area contributed by atoms with Gasteiger partial charge in [0.15, 0.2) is 5.11 Å². The average Bonchev–Trinajstić information content (AvgIpc) is 2.61. The molecule has 0 spiro atoms. The molecule has 0 bridgehead atoms. The van der Waals surface area contributed by atoms with Gasteiger partial charge in [0.05, 0.1) is 4.92 Å². The number of benzene rings is 2. The molecular weight excluding hydrogens is 338 g/mol. The fourth-order valence-corrected chi connectivity index (χ4v) is 2.22. The van der Waals surface area contributed by atoms with Gasteiger partial charge in [0.1, 0.15) is 0 Å². The van der Waals surface area contributed by atoms with Gasteiger partial charge in [0, 0.05) is 31.8 Å². The third-order valence-electron chi connectivity index (χ3n) is 3.37. The molecule has 1 N–H and O–H groups in total. The highest BCUT2D eigenvalue weighted by molar-refractivity contribution is 7.80. The highest BCUT2D eigenvalue weighted by Gasteiger charge is 2.07. The van der Waals surface area contributed by atoms with Gasteiger partial charge in [0.2, 0.25) is 5.91 Å². The fraction of sp³-hybridized carbons (Fsp3) is 0.111. The molecule has 0 aliphatic heterocycles. The average molecular weight is 355 g/mol. The molecule has 0 heterocycles. The molecule has 0 atom stereocenters. The number of hydrogen-bond acceptors (Lipinski definition) is 4. The zero-order valence-electron chi connectivity index (χ0n) is 13.6. The van der Waals surface area contributed by atoms with Gasteiger partial charge in [-0.05, 0) is 41.6 Å². The maximum Gasteiger partial charge on any atom is 0.269 e. The van der Waals surface area contributed by atoms with Crippen LogP contribution in [-0.2, 0) is 11.3 Å². The number of amides is 1. The molecule has 0 saturated heterocycles. The summed E-state index contributed by atoms with van der Waals surface area (Å²) in [6.45, 7) is 0.589. The normalized spacial score (nSPS) is 10.4. The first-order valence-electron chi connectivity index (χ1n) is 7.48. The van der Waals surface area contributed by atoms with Gasteiger partial charge < -0.3 is 4.90 Å². The lowest BCUT2D eigenvalue weighted by atomic mass is 10.2. The predicted molar refractivity (Wildman–Crippen MR) is 101 cm³/mol. The molecule has 0 saturated carbocycles. The molecule has 0 aromatic heterocycles. The van der Waals surface area contributed by atoms with E-state index in [1.165, 1.54) is 18.2 Å². The van der Waals surface area contributed by atoms with E-state index in [4.69, 9.17) is 12.2 Å². The lowest BCUT2D eigenvalue weighted by Crippen LogP contribution is -2.39. The van der Waals surface area contributed by atoms with Crippen molar-refractivity contribution >= 4 is 35.0 Å². The van der Waals surface area contributed by atoms with Crippen LogP contribution in [0.3, 0.4) is 0 Å². The summed E-state index contributed by atoms with van der Waals surface area (Å²) in [4.78, 5) is 23.8. The molecule has 1 amide bonds. The Hall–Kier alpha value is -3.06. The monoisotopic (exact) mass is 355 g/mol. The lowest BCUT2D eigenvalue weighted by molar-refractivity contribution is -0.384. The van der Waals surface area contributed by atoms with Crippen molar-refractivity contribution in [3.63, 3.8) is 0 Å². The van der Waals surface area contributed by atoms with E-state index in [2.05, 4.69) is 5.32 Å². The van der Waals surface area contributed by atoms with Crippen molar-refractivity contribution < 1.29 is 9.72 Å². The van der Waals surface area contributed by atoms with Crippen LogP contribution in [0.5, 0.6) is 0 Å². The van der Waals surface area contributed by atoms with Gasteiger partial charge in [-0.25, -0.2) is 0 Å². The number of nitro benzene ring substituents is 1. The van der Waals surface area contributed by atoms with E-state index in [1.807, 2.05) is 30.3 Å². The van der Waals surface area contributed by atoms with E-state index in [0.717, 1.165) is 5.56 Å². The summed E-state index contributed by atoms with van der Waals surface area (Å²) < 4.78 is 0. The Morgan fingerprint density at radius 3 is 2.44 bits per heavy atom. The minimum Gasteiger partial charge on any atom is -0.348 e. The van der Waals surface area contributed by atoms with Crippen LogP contribution >= 0.6 is 12.2 Å². The minimum atomic E-state index is -0.471. The van der Waals surface area contributed by atoms with E-state index in [1.54, 1.807) is 30.2 Å². The third kappa shape index (κ3) is 5.82. The summed E-state index contributed by atoms with van der Waals surface area (Å²) in [7, 11) is 1.80. The Kier molecular flexibility index (Phi) is 6.36. The van der Waals surface area contributed by atoms with Crippen LogP contribution in [0.2, 0.25) is 0 Å². The van der Waals surface area contributed by atoms with Crippen LogP contribution in [-0.4, -0.2) is 27.9 Å². The highest BCUT2D eigenvalue weighted by atomic mass is 32.1. The largest absolute Gasteiger partial charge is 0.348 e. The molecule has 0 unspecified atom stereocenters. The van der Waals surface area contributed by atoms with Gasteiger partial charge in [0.25, 0.3) is 5.69 Å². The number of nitrogens with one attached hydrogen (secondary N) is 1. The summed E-state index contributed by atoms with van der Waals surface area (Å²) in [6.07, 6.45) is 2.91. The molecule has 25 heavy (non-hydrogen) atoms. The number of carbonyl (C=O) groups excluding carboxylic acids is 1. The SMILES string of the molecule is CN(Cc1ccccc1)C(=S)NC(=O)/C=C/c1ccc([N+](=O)[O-])cc1. The second-order valence-electron chi connectivity index (χ2n) is 5.32. The highest BCUT2D eigenvalue weighted by Crippen LogP contribution is 2.12. The van der Waals surface area contributed by atoms with Crippen LogP contribution in [0.4, 0.5) is 5.69 Å². The van der Waals surface area contributed by atoms with Crippen LogP contribution in [0, 0.1) is 10.1 Å². The zero-order chi connectivity index (χ0) is 18.2. The standard InChI is InChI=1S/C18H17N3O3S/c1-20(13-15-5-3-2-4-6-15)18(25)19-17(22)12-9-14-7-10-16(11-8-14)21(23)24/h2-12H,13H2,1H3,(H,19,22,25)/b12-9+. The van der Waals surface area contributed by atoms with Gasteiger partial charge in [-0.15, -0.1) is 0 Å². The fourth-order valence-electron chi connectivity index (χ4n) is 2.05. The van der Waals surface area contributed by atoms with Crippen molar-refractivity contribution in [3.05, 3.63) is 81.9 Å². The van der Waals surface area contributed by atoms with Gasteiger partial charge >= 0.3 is 0 Å². The van der Waals surface area contributed by atoms with Crippen molar-refractivity contribution in [1.82, 2.24) is 10.2 Å². The number of hydrogen-bond donors (Lipinski definition) is 1. The summed E-state index contributed by atoms with van der Waals surface area (Å²) in [5, 5.41) is 13.5. The summed E-state index contributed by atoms with van der Waals surface area (Å²) >= 11 is 5.21. The molecule has 2 aromatic rings. The summed E-state index contributed by atoms with van der Waals surface area (Å²) in [5.41, 5.74) is 1.78. The Balaban J connectivity index is 1.88. The smallest absolute Gasteiger partial charge is 0.269 e.